The van der Waals surface area contributed by atoms with Gasteiger partial charge in [-0.2, -0.15) is 0 Å². The normalized spacial score (nSPS) is 13.3. The molecule has 3 aromatic rings. The highest BCUT2D eigenvalue weighted by Gasteiger charge is 2.35. The van der Waals surface area contributed by atoms with Crippen molar-refractivity contribution < 1.29 is 19.1 Å². The Bertz CT molecular complexity index is 952. The lowest BCUT2D eigenvalue weighted by Gasteiger charge is -2.21. The van der Waals surface area contributed by atoms with E-state index in [1.165, 1.54) is 0 Å². The van der Waals surface area contributed by atoms with Crippen LogP contribution >= 0.6 is 0 Å². The van der Waals surface area contributed by atoms with Gasteiger partial charge in [0.05, 0.1) is 0 Å². The third kappa shape index (κ3) is 3.58. The molecule has 0 fully saturated rings. The summed E-state index contributed by atoms with van der Waals surface area (Å²) in [6.45, 7) is 0.352. The van der Waals surface area contributed by atoms with Crippen LogP contribution in [0.15, 0.2) is 96.4 Å². The molecule has 0 saturated heterocycles. The Balaban J connectivity index is 1.66. The van der Waals surface area contributed by atoms with Crippen LogP contribution in [0.5, 0.6) is 0 Å². The summed E-state index contributed by atoms with van der Waals surface area (Å²) < 4.78 is 11.6. The van der Waals surface area contributed by atoms with Crippen LogP contribution in [0.3, 0.4) is 0 Å². The van der Waals surface area contributed by atoms with Crippen molar-refractivity contribution in [2.75, 3.05) is 0 Å². The minimum absolute atomic E-state index is 0.0384. The van der Waals surface area contributed by atoms with E-state index in [0.29, 0.717) is 11.1 Å². The summed E-state index contributed by atoms with van der Waals surface area (Å²) in [4.78, 5) is 26.0. The van der Waals surface area contributed by atoms with Gasteiger partial charge >= 0.3 is 0 Å². The van der Waals surface area contributed by atoms with E-state index in [1.807, 2.05) is 60.7 Å². The number of hydrogen-bond acceptors (Lipinski definition) is 4. The number of allylic oxidation sites excluding steroid dienone is 2. The summed E-state index contributed by atoms with van der Waals surface area (Å²) in [6.07, 6.45) is 0. The number of hydrogen-bond donors (Lipinski definition) is 0. The fourth-order valence-corrected chi connectivity index (χ4v) is 3.05. The third-order valence-electron chi connectivity index (χ3n) is 4.49. The highest BCUT2D eigenvalue weighted by molar-refractivity contribution is 6.25. The van der Waals surface area contributed by atoms with Gasteiger partial charge in [0.25, 0.3) is 0 Å². The Morgan fingerprint density at radius 3 is 1.25 bits per heavy atom. The first-order valence-corrected chi connectivity index (χ1v) is 9.00. The lowest BCUT2D eigenvalue weighted by atomic mass is 9.92. The van der Waals surface area contributed by atoms with Gasteiger partial charge in [-0.1, -0.05) is 84.9 Å². The van der Waals surface area contributed by atoms with Gasteiger partial charge in [-0.05, 0) is 11.1 Å². The smallest absolute Gasteiger partial charge is 0.232 e. The van der Waals surface area contributed by atoms with Crippen LogP contribution in [0.25, 0.3) is 0 Å². The molecule has 0 amide bonds. The van der Waals surface area contributed by atoms with Crippen molar-refractivity contribution in [2.24, 2.45) is 0 Å². The molecule has 4 heteroatoms. The summed E-state index contributed by atoms with van der Waals surface area (Å²) in [7, 11) is 0. The molecular weight excluding hydrogens is 352 g/mol. The summed E-state index contributed by atoms with van der Waals surface area (Å²) in [5.41, 5.74) is 2.47. The van der Waals surface area contributed by atoms with Gasteiger partial charge in [0.2, 0.25) is 23.1 Å². The minimum Gasteiger partial charge on any atom is -0.481 e. The predicted octanol–water partition coefficient (Wildman–Crippen LogP) is 4.71. The van der Waals surface area contributed by atoms with Crippen LogP contribution in [0.2, 0.25) is 0 Å². The fraction of sp³-hybridized carbons (Fsp3) is 0.0833. The Labute approximate surface area is 163 Å². The monoisotopic (exact) mass is 370 g/mol. The molecule has 0 atom stereocenters. The standard InChI is InChI=1S/C24H18O4/c25-21-19-13-7-8-14-20(19)22(26)24(28-16-18-11-5-2-6-12-18)23(21)27-15-17-9-3-1-4-10-17/h1-14H,15-16H2. The highest BCUT2D eigenvalue weighted by atomic mass is 16.5. The topological polar surface area (TPSA) is 52.6 Å². The lowest BCUT2D eigenvalue weighted by molar-refractivity contribution is 0.0720. The zero-order valence-electron chi connectivity index (χ0n) is 15.1. The molecule has 1 aliphatic carbocycles. The van der Waals surface area contributed by atoms with Crippen LogP contribution in [-0.4, -0.2) is 11.6 Å². The average molecular weight is 370 g/mol. The zero-order chi connectivity index (χ0) is 19.3. The molecule has 0 aliphatic heterocycles. The molecule has 0 aromatic heterocycles. The number of ether oxygens (including phenoxy) is 2. The molecule has 4 nitrogen and oxygen atoms in total. The van der Waals surface area contributed by atoms with Crippen molar-refractivity contribution in [3.05, 3.63) is 119 Å². The van der Waals surface area contributed by atoms with Gasteiger partial charge in [-0.25, -0.2) is 0 Å². The minimum atomic E-state index is -0.339. The maximum atomic E-state index is 13.0. The molecule has 0 spiro atoms. The first-order valence-electron chi connectivity index (χ1n) is 9.00. The Hall–Kier alpha value is -3.66. The molecule has 0 unspecified atom stereocenters. The van der Waals surface area contributed by atoms with Crippen molar-refractivity contribution in [1.82, 2.24) is 0 Å². The van der Waals surface area contributed by atoms with E-state index in [-0.39, 0.29) is 36.3 Å². The van der Waals surface area contributed by atoms with E-state index < -0.39 is 0 Å². The molecule has 0 heterocycles. The fourth-order valence-electron chi connectivity index (χ4n) is 3.05. The quantitative estimate of drug-likeness (QED) is 0.630. The summed E-state index contributed by atoms with van der Waals surface area (Å²) in [6, 6.07) is 25.7. The van der Waals surface area contributed by atoms with E-state index in [0.717, 1.165) is 11.1 Å². The molecule has 3 aromatic carbocycles. The van der Waals surface area contributed by atoms with E-state index >= 15 is 0 Å². The van der Waals surface area contributed by atoms with Gasteiger partial charge in [-0.15, -0.1) is 0 Å². The summed E-state index contributed by atoms with van der Waals surface area (Å²) in [5, 5.41) is 0. The molecule has 0 saturated carbocycles. The summed E-state index contributed by atoms with van der Waals surface area (Å²) in [5.74, 6) is -0.754. The highest BCUT2D eigenvalue weighted by Crippen LogP contribution is 2.29. The molecule has 138 valence electrons. The third-order valence-corrected chi connectivity index (χ3v) is 4.49. The van der Waals surface area contributed by atoms with Crippen LogP contribution in [-0.2, 0) is 22.7 Å². The van der Waals surface area contributed by atoms with Crippen molar-refractivity contribution in [1.29, 1.82) is 0 Å². The van der Waals surface area contributed by atoms with Crippen LogP contribution in [0.1, 0.15) is 31.8 Å². The number of carbonyl (C=O) groups is 2. The average Bonchev–Trinajstić information content (AvgIpc) is 2.76. The summed E-state index contributed by atoms with van der Waals surface area (Å²) >= 11 is 0. The van der Waals surface area contributed by atoms with Crippen LogP contribution < -0.4 is 0 Å². The van der Waals surface area contributed by atoms with E-state index in [9.17, 15) is 9.59 Å². The molecule has 4 rings (SSSR count). The number of fused-ring (bicyclic) bond motifs is 1. The van der Waals surface area contributed by atoms with Crippen LogP contribution in [0, 0.1) is 0 Å². The molecule has 28 heavy (non-hydrogen) atoms. The van der Waals surface area contributed by atoms with E-state index in [1.54, 1.807) is 24.3 Å². The van der Waals surface area contributed by atoms with Crippen LogP contribution in [0.4, 0.5) is 0 Å². The van der Waals surface area contributed by atoms with E-state index in [2.05, 4.69) is 0 Å². The van der Waals surface area contributed by atoms with Gasteiger partial charge in [0, 0.05) is 11.1 Å². The molecule has 0 N–H and O–H groups in total. The lowest BCUT2D eigenvalue weighted by Crippen LogP contribution is -2.25. The first-order chi connectivity index (χ1) is 13.7. The second-order valence-electron chi connectivity index (χ2n) is 6.41. The largest absolute Gasteiger partial charge is 0.481 e. The molecular formula is C24H18O4. The van der Waals surface area contributed by atoms with Crippen molar-refractivity contribution in [3.8, 4) is 0 Å². The second-order valence-corrected chi connectivity index (χ2v) is 6.41. The number of carbonyl (C=O) groups excluding carboxylic acids is 2. The van der Waals surface area contributed by atoms with Gasteiger partial charge in [0.1, 0.15) is 13.2 Å². The Morgan fingerprint density at radius 2 is 0.857 bits per heavy atom. The second kappa shape index (κ2) is 7.92. The number of benzene rings is 3. The van der Waals surface area contributed by atoms with Crippen molar-refractivity contribution >= 4 is 11.6 Å². The van der Waals surface area contributed by atoms with Crippen molar-refractivity contribution in [3.63, 3.8) is 0 Å². The maximum absolute atomic E-state index is 13.0. The van der Waals surface area contributed by atoms with E-state index in [4.69, 9.17) is 9.47 Å². The van der Waals surface area contributed by atoms with Crippen molar-refractivity contribution in [2.45, 2.75) is 13.2 Å². The molecule has 1 aliphatic rings. The molecule has 0 radical (unpaired) electrons. The number of Topliss-reactive ketones (excluding diaryl/α,β-unsaturated/α-hetero) is 2. The predicted molar refractivity (Wildman–Crippen MR) is 105 cm³/mol. The first kappa shape index (κ1) is 17.7. The molecule has 0 bridgehead atoms. The van der Waals surface area contributed by atoms with Gasteiger partial charge in [-0.3, -0.25) is 9.59 Å². The maximum Gasteiger partial charge on any atom is 0.232 e. The Kier molecular flexibility index (Phi) is 5.02. The van der Waals surface area contributed by atoms with Gasteiger partial charge < -0.3 is 9.47 Å². The van der Waals surface area contributed by atoms with Gasteiger partial charge in [0.15, 0.2) is 0 Å². The number of rotatable bonds is 6. The number of ketones is 2. The Morgan fingerprint density at radius 1 is 0.500 bits per heavy atom. The zero-order valence-corrected chi connectivity index (χ0v) is 15.1. The SMILES string of the molecule is O=C1C(OCc2ccccc2)=C(OCc2ccccc2)C(=O)c2ccccc21.